The van der Waals surface area contributed by atoms with E-state index < -0.39 is 5.97 Å². The predicted molar refractivity (Wildman–Crippen MR) is 172 cm³/mol. The van der Waals surface area contributed by atoms with Gasteiger partial charge in [0.15, 0.2) is 0 Å². The summed E-state index contributed by atoms with van der Waals surface area (Å²) in [7, 11) is 0. The van der Waals surface area contributed by atoms with Gasteiger partial charge in [-0.2, -0.15) is 0 Å². The number of carboxylic acid groups (broad SMARTS) is 1. The monoisotopic (exact) mass is 571 g/mol. The van der Waals surface area contributed by atoms with Gasteiger partial charge in [0.2, 0.25) is 0 Å². The Morgan fingerprint density at radius 1 is 0.929 bits per heavy atom. The molecule has 1 fully saturated rings. The van der Waals surface area contributed by atoms with Crippen molar-refractivity contribution in [3.05, 3.63) is 106 Å². The molecule has 0 spiro atoms. The zero-order valence-electron chi connectivity index (χ0n) is 23.9. The van der Waals surface area contributed by atoms with E-state index in [0.29, 0.717) is 18.0 Å². The molecule has 0 amide bonds. The standard InChI is InChI=1S/C36H33N3O2S/c1-22-35(42-23(2)37-22)31-19-16-27-20-28(17-18-30(27)38-31)34-33(25-8-4-3-5-9-25)29-10-6-7-11-32(29)39(34)21-24-12-14-26(15-13-24)36(40)41/h6-7,10-20,25H,3-5,8-9,21H2,1-2H3,(H,40,41). The quantitative estimate of drug-likeness (QED) is 0.216. The van der Waals surface area contributed by atoms with Crippen LogP contribution >= 0.6 is 11.3 Å². The van der Waals surface area contributed by atoms with Crippen LogP contribution < -0.4 is 0 Å². The molecule has 1 aliphatic carbocycles. The number of aromatic nitrogens is 3. The van der Waals surface area contributed by atoms with Crippen molar-refractivity contribution < 1.29 is 9.90 Å². The van der Waals surface area contributed by atoms with Crippen molar-refractivity contribution in [1.82, 2.24) is 14.5 Å². The van der Waals surface area contributed by atoms with E-state index in [1.807, 2.05) is 19.1 Å². The van der Waals surface area contributed by atoms with Crippen LogP contribution in [0.1, 0.15) is 70.2 Å². The number of aromatic carboxylic acids is 1. The highest BCUT2D eigenvalue weighted by Crippen LogP contribution is 2.45. The van der Waals surface area contributed by atoms with Crippen LogP contribution in [0.3, 0.4) is 0 Å². The molecule has 1 N–H and O–H groups in total. The van der Waals surface area contributed by atoms with E-state index in [9.17, 15) is 9.90 Å². The van der Waals surface area contributed by atoms with Crippen LogP contribution in [0.5, 0.6) is 0 Å². The second-order valence-corrected chi connectivity index (χ2v) is 12.7. The number of nitrogens with zero attached hydrogens (tertiary/aromatic N) is 3. The molecule has 6 aromatic rings. The summed E-state index contributed by atoms with van der Waals surface area (Å²) < 4.78 is 2.45. The van der Waals surface area contributed by atoms with Crippen LogP contribution in [0.4, 0.5) is 0 Å². The van der Waals surface area contributed by atoms with Crippen LogP contribution in [0, 0.1) is 13.8 Å². The van der Waals surface area contributed by atoms with Crippen LogP contribution in [0.15, 0.2) is 78.9 Å². The third-order valence-corrected chi connectivity index (χ3v) is 9.76. The molecular formula is C36H33N3O2S. The third-order valence-electron chi connectivity index (χ3n) is 8.66. The molecule has 7 rings (SSSR count). The van der Waals surface area contributed by atoms with E-state index in [2.05, 4.69) is 71.1 Å². The third kappa shape index (κ3) is 4.80. The van der Waals surface area contributed by atoms with Gasteiger partial charge in [-0.15, -0.1) is 11.3 Å². The molecule has 1 saturated carbocycles. The van der Waals surface area contributed by atoms with Crippen molar-refractivity contribution in [2.45, 2.75) is 58.4 Å². The van der Waals surface area contributed by atoms with Gasteiger partial charge in [0.1, 0.15) is 0 Å². The minimum Gasteiger partial charge on any atom is -0.478 e. The van der Waals surface area contributed by atoms with Gasteiger partial charge in [0.05, 0.1) is 38.0 Å². The van der Waals surface area contributed by atoms with Crippen LogP contribution in [0.2, 0.25) is 0 Å². The minimum atomic E-state index is -0.901. The number of para-hydroxylation sites is 1. The summed E-state index contributed by atoms with van der Waals surface area (Å²) in [5.41, 5.74) is 9.51. The van der Waals surface area contributed by atoms with Gasteiger partial charge in [-0.05, 0) is 85.7 Å². The van der Waals surface area contributed by atoms with Crippen molar-refractivity contribution in [1.29, 1.82) is 0 Å². The molecule has 0 atom stereocenters. The van der Waals surface area contributed by atoms with E-state index in [4.69, 9.17) is 4.98 Å². The molecule has 6 heteroatoms. The maximum Gasteiger partial charge on any atom is 0.335 e. The lowest BCUT2D eigenvalue weighted by molar-refractivity contribution is 0.0697. The number of thiazole rings is 1. The molecule has 3 aromatic heterocycles. The summed E-state index contributed by atoms with van der Waals surface area (Å²) in [5.74, 6) is -0.384. The highest BCUT2D eigenvalue weighted by Gasteiger charge is 2.26. The highest BCUT2D eigenvalue weighted by atomic mass is 32.1. The molecule has 5 nitrogen and oxygen atoms in total. The fourth-order valence-electron chi connectivity index (χ4n) is 6.71. The first kappa shape index (κ1) is 26.6. The lowest BCUT2D eigenvalue weighted by Gasteiger charge is -2.24. The first-order valence-corrected chi connectivity index (χ1v) is 15.6. The lowest BCUT2D eigenvalue weighted by atomic mass is 9.81. The van der Waals surface area contributed by atoms with E-state index in [0.717, 1.165) is 37.7 Å². The smallest absolute Gasteiger partial charge is 0.335 e. The second-order valence-electron chi connectivity index (χ2n) is 11.5. The summed E-state index contributed by atoms with van der Waals surface area (Å²) >= 11 is 1.69. The number of fused-ring (bicyclic) bond motifs is 2. The molecule has 1 aliphatic rings. The van der Waals surface area contributed by atoms with Crippen LogP contribution in [-0.2, 0) is 6.54 Å². The van der Waals surface area contributed by atoms with Gasteiger partial charge >= 0.3 is 5.97 Å². The number of benzene rings is 3. The number of carbonyl (C=O) groups is 1. The highest BCUT2D eigenvalue weighted by molar-refractivity contribution is 7.15. The number of hydrogen-bond donors (Lipinski definition) is 1. The van der Waals surface area contributed by atoms with E-state index in [-0.39, 0.29) is 0 Å². The summed E-state index contributed by atoms with van der Waals surface area (Å²) in [4.78, 5) is 22.2. The molecular weight excluding hydrogens is 538 g/mol. The minimum absolute atomic E-state index is 0.310. The zero-order valence-corrected chi connectivity index (χ0v) is 24.7. The number of rotatable bonds is 6. The lowest BCUT2D eigenvalue weighted by Crippen LogP contribution is -2.08. The van der Waals surface area contributed by atoms with Crippen molar-refractivity contribution in [3.8, 4) is 21.8 Å². The molecule has 0 unspecified atom stereocenters. The summed E-state index contributed by atoms with van der Waals surface area (Å²) in [6.45, 7) is 4.76. The van der Waals surface area contributed by atoms with E-state index in [1.54, 1.807) is 23.5 Å². The van der Waals surface area contributed by atoms with Gasteiger partial charge in [0.25, 0.3) is 0 Å². The number of hydrogen-bond acceptors (Lipinski definition) is 4. The van der Waals surface area contributed by atoms with E-state index in [1.165, 1.54) is 59.8 Å². The molecule has 0 radical (unpaired) electrons. The van der Waals surface area contributed by atoms with Gasteiger partial charge < -0.3 is 9.67 Å². The Bertz CT molecular complexity index is 1940. The Morgan fingerprint density at radius 2 is 1.71 bits per heavy atom. The molecule has 3 aromatic carbocycles. The van der Waals surface area contributed by atoms with Gasteiger partial charge in [-0.25, -0.2) is 14.8 Å². The number of aryl methyl sites for hydroxylation is 2. The molecule has 0 aliphatic heterocycles. The summed E-state index contributed by atoms with van der Waals surface area (Å²) in [5, 5.41) is 12.9. The Balaban J connectivity index is 1.39. The first-order chi connectivity index (χ1) is 20.5. The van der Waals surface area contributed by atoms with Crippen molar-refractivity contribution in [2.24, 2.45) is 0 Å². The second kappa shape index (κ2) is 10.8. The summed E-state index contributed by atoms with van der Waals surface area (Å²) in [6, 6.07) is 27.1. The Hall–Kier alpha value is -4.29. The zero-order chi connectivity index (χ0) is 28.8. The molecule has 3 heterocycles. The summed E-state index contributed by atoms with van der Waals surface area (Å²) in [6.07, 6.45) is 6.26. The first-order valence-electron chi connectivity index (χ1n) is 14.8. The SMILES string of the molecule is Cc1nc(C)c(-c2ccc3cc(-c4c(C5CCCCC5)c5ccccc5n4Cc4ccc(C(=O)O)cc4)ccc3n2)s1. The average molecular weight is 572 g/mol. The fourth-order valence-corrected chi connectivity index (χ4v) is 7.60. The molecule has 42 heavy (non-hydrogen) atoms. The Kier molecular flexibility index (Phi) is 6.87. The van der Waals surface area contributed by atoms with Crippen molar-refractivity contribution in [2.75, 3.05) is 0 Å². The number of carboxylic acids is 1. The maximum absolute atomic E-state index is 11.5. The van der Waals surface area contributed by atoms with Gasteiger partial charge in [-0.1, -0.05) is 61.7 Å². The Morgan fingerprint density at radius 3 is 2.45 bits per heavy atom. The molecule has 0 saturated heterocycles. The molecule has 0 bridgehead atoms. The van der Waals surface area contributed by atoms with Crippen LogP contribution in [0.25, 0.3) is 43.6 Å². The predicted octanol–water partition coefficient (Wildman–Crippen LogP) is 9.39. The van der Waals surface area contributed by atoms with Gasteiger partial charge in [0, 0.05) is 22.8 Å². The largest absolute Gasteiger partial charge is 0.478 e. The maximum atomic E-state index is 11.5. The topological polar surface area (TPSA) is 68.0 Å². The molecule has 210 valence electrons. The number of pyridine rings is 1. The fraction of sp³-hybridized carbons (Fsp3) is 0.250. The van der Waals surface area contributed by atoms with Crippen molar-refractivity contribution in [3.63, 3.8) is 0 Å². The van der Waals surface area contributed by atoms with Crippen LogP contribution in [-0.4, -0.2) is 25.6 Å². The Labute approximate surface area is 249 Å². The normalized spacial score (nSPS) is 14.1. The van der Waals surface area contributed by atoms with Crippen molar-refractivity contribution >= 4 is 39.1 Å². The van der Waals surface area contributed by atoms with Gasteiger partial charge in [-0.3, -0.25) is 0 Å². The van der Waals surface area contributed by atoms with E-state index >= 15 is 0 Å². The average Bonchev–Trinajstić information content (AvgIpc) is 3.53.